The molecule has 158 valence electrons. The van der Waals surface area contributed by atoms with E-state index in [2.05, 4.69) is 26.5 Å². The molecule has 0 aromatic heterocycles. The predicted molar refractivity (Wildman–Crippen MR) is 120 cm³/mol. The fraction of sp³-hybridized carbons (Fsp3) is 0.0909. The first kappa shape index (κ1) is 22.0. The average molecular weight is 484 g/mol. The van der Waals surface area contributed by atoms with Crippen LogP contribution >= 0.6 is 15.9 Å². The molecule has 31 heavy (non-hydrogen) atoms. The van der Waals surface area contributed by atoms with Crippen LogP contribution in [0.15, 0.2) is 76.3 Å². The summed E-state index contributed by atoms with van der Waals surface area (Å²) in [6.45, 7) is 0.188. The van der Waals surface area contributed by atoms with Gasteiger partial charge in [-0.25, -0.2) is 5.43 Å². The van der Waals surface area contributed by atoms with E-state index in [9.17, 15) is 14.9 Å². The molecular formula is C22H18BrN3O5. The molecule has 0 saturated carbocycles. The Morgan fingerprint density at radius 1 is 1.16 bits per heavy atom. The Labute approximate surface area is 186 Å². The van der Waals surface area contributed by atoms with E-state index in [0.29, 0.717) is 17.1 Å². The number of non-ortho nitro benzene ring substituents is 1. The molecule has 3 rings (SSSR count). The average Bonchev–Trinajstić information content (AvgIpc) is 2.78. The second kappa shape index (κ2) is 10.4. The van der Waals surface area contributed by atoms with Crippen LogP contribution in [0.5, 0.6) is 11.5 Å². The van der Waals surface area contributed by atoms with Crippen LogP contribution in [0.4, 0.5) is 5.69 Å². The standard InChI is InChI=1S/C22H18BrN3O5/c1-30-21-10-5-15(13-24-25-22(27)16-3-2-4-18(23)12-16)11-17(21)14-31-20-8-6-19(7-9-20)26(28)29/h2-13H,14H2,1H3,(H,25,27). The smallest absolute Gasteiger partial charge is 0.271 e. The van der Waals surface area contributed by atoms with E-state index in [1.165, 1.54) is 30.5 Å². The molecule has 8 nitrogen and oxygen atoms in total. The van der Waals surface area contributed by atoms with Gasteiger partial charge >= 0.3 is 0 Å². The highest BCUT2D eigenvalue weighted by Crippen LogP contribution is 2.23. The lowest BCUT2D eigenvalue weighted by Gasteiger charge is -2.11. The monoisotopic (exact) mass is 483 g/mol. The number of halogens is 1. The highest BCUT2D eigenvalue weighted by molar-refractivity contribution is 9.10. The highest BCUT2D eigenvalue weighted by atomic mass is 79.9. The number of nitro benzene ring substituents is 1. The molecule has 3 aromatic carbocycles. The maximum Gasteiger partial charge on any atom is 0.271 e. The van der Waals surface area contributed by atoms with Crippen LogP contribution in [0, 0.1) is 10.1 Å². The van der Waals surface area contributed by atoms with E-state index in [1.54, 1.807) is 37.4 Å². The lowest BCUT2D eigenvalue weighted by molar-refractivity contribution is -0.384. The number of methoxy groups -OCH3 is 1. The molecule has 0 aliphatic rings. The normalized spacial score (nSPS) is 10.6. The van der Waals surface area contributed by atoms with Crippen molar-refractivity contribution in [2.24, 2.45) is 5.10 Å². The molecule has 0 atom stereocenters. The van der Waals surface area contributed by atoms with Gasteiger partial charge < -0.3 is 9.47 Å². The maximum absolute atomic E-state index is 12.2. The number of hydrogen-bond donors (Lipinski definition) is 1. The molecule has 1 amide bonds. The van der Waals surface area contributed by atoms with Crippen LogP contribution in [-0.4, -0.2) is 24.2 Å². The third kappa shape index (κ3) is 6.13. The Kier molecular flexibility index (Phi) is 7.34. The minimum absolute atomic E-state index is 0.00644. The van der Waals surface area contributed by atoms with E-state index in [4.69, 9.17) is 9.47 Å². The van der Waals surface area contributed by atoms with Crippen molar-refractivity contribution in [2.75, 3.05) is 7.11 Å². The van der Waals surface area contributed by atoms with Crippen molar-refractivity contribution >= 4 is 33.7 Å². The Bertz CT molecular complexity index is 1120. The van der Waals surface area contributed by atoms with Crippen LogP contribution < -0.4 is 14.9 Å². The second-order valence-corrected chi connectivity index (χ2v) is 7.24. The number of nitrogens with zero attached hydrogens (tertiary/aromatic N) is 2. The molecule has 0 radical (unpaired) electrons. The lowest BCUT2D eigenvalue weighted by Crippen LogP contribution is -2.17. The summed E-state index contributed by atoms with van der Waals surface area (Å²) in [4.78, 5) is 22.4. The maximum atomic E-state index is 12.2. The quantitative estimate of drug-likeness (QED) is 0.284. The highest BCUT2D eigenvalue weighted by Gasteiger charge is 2.08. The van der Waals surface area contributed by atoms with Gasteiger partial charge in [0.05, 0.1) is 18.2 Å². The van der Waals surface area contributed by atoms with Gasteiger partial charge in [0.25, 0.3) is 11.6 Å². The van der Waals surface area contributed by atoms with Crippen LogP contribution in [0.3, 0.4) is 0 Å². The Morgan fingerprint density at radius 3 is 2.61 bits per heavy atom. The first-order valence-electron chi connectivity index (χ1n) is 9.09. The number of benzene rings is 3. The van der Waals surface area contributed by atoms with Gasteiger partial charge in [-0.3, -0.25) is 14.9 Å². The summed E-state index contributed by atoms with van der Waals surface area (Å²) < 4.78 is 11.9. The summed E-state index contributed by atoms with van der Waals surface area (Å²) in [5.74, 6) is 0.790. The van der Waals surface area contributed by atoms with E-state index < -0.39 is 4.92 Å². The van der Waals surface area contributed by atoms with Crippen molar-refractivity contribution in [3.8, 4) is 11.5 Å². The largest absolute Gasteiger partial charge is 0.496 e. The fourth-order valence-corrected chi connectivity index (χ4v) is 3.08. The molecule has 0 spiro atoms. The minimum Gasteiger partial charge on any atom is -0.496 e. The zero-order valence-corrected chi connectivity index (χ0v) is 18.0. The van der Waals surface area contributed by atoms with Gasteiger partial charge in [0.1, 0.15) is 18.1 Å². The van der Waals surface area contributed by atoms with Gasteiger partial charge in [-0.15, -0.1) is 0 Å². The summed E-state index contributed by atoms with van der Waals surface area (Å²) in [7, 11) is 1.55. The molecule has 0 heterocycles. The van der Waals surface area contributed by atoms with Crippen molar-refractivity contribution < 1.29 is 19.2 Å². The van der Waals surface area contributed by atoms with Crippen molar-refractivity contribution in [2.45, 2.75) is 6.61 Å². The van der Waals surface area contributed by atoms with Gasteiger partial charge in [-0.2, -0.15) is 5.10 Å². The topological polar surface area (TPSA) is 103 Å². The minimum atomic E-state index is -0.467. The summed E-state index contributed by atoms with van der Waals surface area (Å²) >= 11 is 3.33. The van der Waals surface area contributed by atoms with Crippen molar-refractivity contribution in [1.29, 1.82) is 0 Å². The molecule has 0 aliphatic heterocycles. The number of carbonyl (C=O) groups excluding carboxylic acids is 1. The number of ether oxygens (including phenoxy) is 2. The summed E-state index contributed by atoms with van der Waals surface area (Å²) in [5.41, 5.74) is 4.45. The number of hydrogen-bond acceptors (Lipinski definition) is 6. The van der Waals surface area contributed by atoms with Crippen LogP contribution in [0.1, 0.15) is 21.5 Å². The zero-order chi connectivity index (χ0) is 22.2. The van der Waals surface area contributed by atoms with E-state index in [0.717, 1.165) is 15.6 Å². The van der Waals surface area contributed by atoms with E-state index >= 15 is 0 Å². The molecule has 1 N–H and O–H groups in total. The van der Waals surface area contributed by atoms with E-state index in [-0.39, 0.29) is 18.2 Å². The van der Waals surface area contributed by atoms with Gasteiger partial charge in [0, 0.05) is 27.7 Å². The molecule has 3 aromatic rings. The molecular weight excluding hydrogens is 466 g/mol. The summed E-state index contributed by atoms with van der Waals surface area (Å²) in [6.07, 6.45) is 1.52. The predicted octanol–water partition coefficient (Wildman–Crippen LogP) is 4.71. The molecule has 0 bridgehead atoms. The Morgan fingerprint density at radius 2 is 1.94 bits per heavy atom. The number of nitro groups is 1. The van der Waals surface area contributed by atoms with Gasteiger partial charge in [-0.1, -0.05) is 22.0 Å². The Hall–Kier alpha value is -3.72. The molecule has 0 saturated heterocycles. The number of hydrazone groups is 1. The zero-order valence-electron chi connectivity index (χ0n) is 16.4. The number of nitrogens with one attached hydrogen (secondary N) is 1. The fourth-order valence-electron chi connectivity index (χ4n) is 2.68. The third-order valence-electron chi connectivity index (χ3n) is 4.21. The molecule has 0 fully saturated rings. The van der Waals surface area contributed by atoms with Crippen LogP contribution in [0.2, 0.25) is 0 Å². The van der Waals surface area contributed by atoms with Crippen molar-refractivity contribution in [3.05, 3.63) is 98.0 Å². The first-order chi connectivity index (χ1) is 15.0. The number of rotatable bonds is 8. The van der Waals surface area contributed by atoms with Gasteiger partial charge in [-0.05, 0) is 54.1 Å². The van der Waals surface area contributed by atoms with Gasteiger partial charge in [0.15, 0.2) is 0 Å². The molecule has 0 unspecified atom stereocenters. The van der Waals surface area contributed by atoms with Crippen LogP contribution in [0.25, 0.3) is 0 Å². The third-order valence-corrected chi connectivity index (χ3v) is 4.71. The molecule has 9 heteroatoms. The van der Waals surface area contributed by atoms with Crippen LogP contribution in [-0.2, 0) is 6.61 Å². The Balaban J connectivity index is 1.66. The number of carbonyl (C=O) groups is 1. The summed E-state index contributed by atoms with van der Waals surface area (Å²) in [5, 5.41) is 14.7. The molecule has 0 aliphatic carbocycles. The lowest BCUT2D eigenvalue weighted by atomic mass is 10.1. The first-order valence-corrected chi connectivity index (χ1v) is 9.88. The van der Waals surface area contributed by atoms with Crippen molar-refractivity contribution in [3.63, 3.8) is 0 Å². The number of amides is 1. The SMILES string of the molecule is COc1ccc(C=NNC(=O)c2cccc(Br)c2)cc1COc1ccc([N+](=O)[O-])cc1. The summed E-state index contributed by atoms with van der Waals surface area (Å²) in [6, 6.07) is 18.2. The van der Waals surface area contributed by atoms with Crippen molar-refractivity contribution in [1.82, 2.24) is 5.43 Å². The van der Waals surface area contributed by atoms with Gasteiger partial charge in [0.2, 0.25) is 0 Å². The second-order valence-electron chi connectivity index (χ2n) is 6.32. The van der Waals surface area contributed by atoms with E-state index in [1.807, 2.05) is 12.1 Å².